The predicted octanol–water partition coefficient (Wildman–Crippen LogP) is 1.56. The minimum atomic E-state index is -2.26. The number of nitrogen functional groups attached to an aromatic ring is 1. The second-order valence-electron chi connectivity index (χ2n) is 6.83. The van der Waals surface area contributed by atoms with Gasteiger partial charge in [-0.25, -0.2) is 4.98 Å². The predicted molar refractivity (Wildman–Crippen MR) is 110 cm³/mol. The summed E-state index contributed by atoms with van der Waals surface area (Å²) in [6.07, 6.45) is 0.818. The lowest BCUT2D eigenvalue weighted by atomic mass is 10.2. The van der Waals surface area contributed by atoms with Crippen LogP contribution >= 0.6 is 19.8 Å². The first-order chi connectivity index (χ1) is 14.3. The van der Waals surface area contributed by atoms with Gasteiger partial charge in [0.15, 0.2) is 23.2 Å². The van der Waals surface area contributed by atoms with Gasteiger partial charge < -0.3 is 20.5 Å². The number of hydrogen-bond donors (Lipinski definition) is 3. The zero-order valence-corrected chi connectivity index (χ0v) is 18.4. The zero-order chi connectivity index (χ0) is 21.8. The van der Waals surface area contributed by atoms with Crippen molar-refractivity contribution in [3.05, 3.63) is 6.33 Å². The van der Waals surface area contributed by atoms with E-state index in [1.165, 1.54) is 0 Å². The van der Waals surface area contributed by atoms with Crippen molar-refractivity contribution in [3.63, 3.8) is 0 Å². The van der Waals surface area contributed by atoms with E-state index in [1.54, 1.807) is 31.8 Å². The number of anilines is 2. The highest BCUT2D eigenvalue weighted by atomic mass is 35.5. The normalized spacial score (nSPS) is 21.9. The molecule has 1 unspecified atom stereocenters. The van der Waals surface area contributed by atoms with Gasteiger partial charge >= 0.3 is 14.1 Å². The Morgan fingerprint density at radius 3 is 2.97 bits per heavy atom. The molecular weight excluding hydrogens is 437 g/mol. The number of hydrogen-bond acceptors (Lipinski definition) is 10. The number of esters is 1. The van der Waals surface area contributed by atoms with Crippen molar-refractivity contribution in [2.24, 2.45) is 0 Å². The van der Waals surface area contributed by atoms with Gasteiger partial charge in [0.2, 0.25) is 5.95 Å². The largest absolute Gasteiger partial charge is 0.613 e. The van der Waals surface area contributed by atoms with Crippen LogP contribution in [0, 0.1) is 0 Å². The molecule has 164 valence electrons. The zero-order valence-electron chi connectivity index (χ0n) is 16.7. The van der Waals surface area contributed by atoms with Crippen molar-refractivity contribution in [2.75, 3.05) is 31.2 Å². The number of alkyl halides is 1. The Kier molecular flexibility index (Phi) is 7.37. The van der Waals surface area contributed by atoms with Crippen molar-refractivity contribution in [1.82, 2.24) is 24.6 Å². The number of nitrogens with two attached hydrogens (primary N) is 1. The van der Waals surface area contributed by atoms with Gasteiger partial charge in [-0.15, -0.1) is 16.1 Å². The summed E-state index contributed by atoms with van der Waals surface area (Å²) >= 11 is 6.48. The molecule has 1 fully saturated rings. The average molecular weight is 461 g/mol. The summed E-state index contributed by atoms with van der Waals surface area (Å²) in [6, 6.07) is 0. The van der Waals surface area contributed by atoms with Gasteiger partial charge in [-0.1, -0.05) is 5.09 Å². The number of rotatable bonds is 9. The SMILES string of the molecule is CNc1nc(N)nc2c1ncn2[C@@H]1O[C@H](CO[P+](=O)NCC(=O)OC(C)C)C[C@@H]1Cl. The van der Waals surface area contributed by atoms with Crippen LogP contribution in [0.4, 0.5) is 11.8 Å². The molecule has 3 heterocycles. The van der Waals surface area contributed by atoms with Crippen molar-refractivity contribution in [3.8, 4) is 0 Å². The molecule has 2 aromatic heterocycles. The highest BCUT2D eigenvalue weighted by Gasteiger charge is 2.38. The Morgan fingerprint density at radius 2 is 2.27 bits per heavy atom. The molecule has 30 heavy (non-hydrogen) atoms. The summed E-state index contributed by atoms with van der Waals surface area (Å²) in [6.45, 7) is 3.28. The fourth-order valence-electron chi connectivity index (χ4n) is 2.98. The van der Waals surface area contributed by atoms with Crippen molar-refractivity contribution in [2.45, 2.75) is 44.1 Å². The van der Waals surface area contributed by atoms with E-state index in [-0.39, 0.29) is 25.2 Å². The minimum absolute atomic E-state index is 0.0344. The molecule has 1 saturated heterocycles. The monoisotopic (exact) mass is 460 g/mol. The fourth-order valence-corrected chi connectivity index (χ4v) is 4.01. The molecule has 4 atom stereocenters. The Balaban J connectivity index is 1.57. The maximum absolute atomic E-state index is 11.9. The molecule has 0 spiro atoms. The number of nitrogens with zero attached hydrogens (tertiary/aromatic N) is 4. The molecule has 0 saturated carbocycles. The lowest BCUT2D eigenvalue weighted by Crippen LogP contribution is -2.23. The van der Waals surface area contributed by atoms with Crippen LogP contribution in [0.1, 0.15) is 26.5 Å². The lowest BCUT2D eigenvalue weighted by molar-refractivity contribution is -0.145. The molecule has 0 aliphatic carbocycles. The van der Waals surface area contributed by atoms with Gasteiger partial charge in [0.25, 0.3) is 0 Å². The first-order valence-corrected chi connectivity index (χ1v) is 10.9. The highest BCUT2D eigenvalue weighted by Crippen LogP contribution is 2.36. The van der Waals surface area contributed by atoms with Crippen LogP contribution in [0.25, 0.3) is 11.2 Å². The lowest BCUT2D eigenvalue weighted by Gasteiger charge is -2.16. The topological polar surface area (TPSA) is 156 Å². The van der Waals surface area contributed by atoms with Crippen molar-refractivity contribution < 1.29 is 23.4 Å². The molecule has 14 heteroatoms. The number of fused-ring (bicyclic) bond motifs is 1. The quantitative estimate of drug-likeness (QED) is 0.283. The van der Waals surface area contributed by atoms with Crippen molar-refractivity contribution >= 4 is 48.7 Å². The van der Waals surface area contributed by atoms with Crippen LogP contribution in [-0.4, -0.2) is 63.3 Å². The molecule has 0 amide bonds. The van der Waals surface area contributed by atoms with Gasteiger partial charge in [-0.2, -0.15) is 9.97 Å². The second kappa shape index (κ2) is 9.80. The van der Waals surface area contributed by atoms with Crippen LogP contribution in [0.3, 0.4) is 0 Å². The van der Waals surface area contributed by atoms with Gasteiger partial charge in [-0.3, -0.25) is 9.36 Å². The fraction of sp³-hybridized carbons (Fsp3) is 0.625. The van der Waals surface area contributed by atoms with Gasteiger partial charge in [0.05, 0.1) is 23.9 Å². The smallest absolute Gasteiger partial charge is 0.462 e. The third-order valence-electron chi connectivity index (χ3n) is 4.18. The first-order valence-electron chi connectivity index (χ1n) is 9.29. The number of imidazole rings is 1. The summed E-state index contributed by atoms with van der Waals surface area (Å²) in [7, 11) is -0.545. The van der Waals surface area contributed by atoms with Crippen LogP contribution in [0.2, 0.25) is 0 Å². The summed E-state index contributed by atoms with van der Waals surface area (Å²) in [5.74, 6) is 0.0834. The van der Waals surface area contributed by atoms with Gasteiger partial charge in [0, 0.05) is 7.05 Å². The number of halogens is 1. The summed E-state index contributed by atoms with van der Waals surface area (Å²) in [5, 5.41) is 5.01. The highest BCUT2D eigenvalue weighted by molar-refractivity contribution is 7.36. The number of aromatic nitrogens is 4. The molecule has 12 nitrogen and oxygen atoms in total. The van der Waals surface area contributed by atoms with E-state index >= 15 is 0 Å². The maximum Gasteiger partial charge on any atom is 0.613 e. The maximum atomic E-state index is 11.9. The molecule has 1 aliphatic rings. The van der Waals surface area contributed by atoms with E-state index < -0.39 is 31.9 Å². The summed E-state index contributed by atoms with van der Waals surface area (Å²) < 4.78 is 29.8. The first kappa shape index (κ1) is 22.6. The Labute approximate surface area is 178 Å². The van der Waals surface area contributed by atoms with Crippen LogP contribution in [0.15, 0.2) is 6.33 Å². The molecular formula is C16H24ClN7O5P+. The van der Waals surface area contributed by atoms with Gasteiger partial charge in [0.1, 0.15) is 13.2 Å². The molecule has 4 N–H and O–H groups in total. The van der Waals surface area contributed by atoms with Crippen molar-refractivity contribution in [1.29, 1.82) is 0 Å². The molecule has 0 aromatic carbocycles. The third-order valence-corrected chi connectivity index (χ3v) is 5.37. The molecule has 2 aromatic rings. The van der Waals surface area contributed by atoms with Crippen LogP contribution in [0.5, 0.6) is 0 Å². The van der Waals surface area contributed by atoms with Gasteiger partial charge in [-0.05, 0) is 24.8 Å². The van der Waals surface area contributed by atoms with E-state index in [0.717, 1.165) is 0 Å². The standard InChI is InChI=1S/C16H24ClN7O5P/c1-8(2)28-11(25)5-21-30(26)27-6-9-4-10(17)15(29-9)24-7-20-12-13(19-3)22-16(18)23-14(12)24/h7-10,15H,4-6H2,1-3H3,(H,21,26)(H3,18,19,22,23)/q+1/t9-,10-,15+/m0/s1. The molecule has 1 aliphatic heterocycles. The Morgan fingerprint density at radius 1 is 1.50 bits per heavy atom. The van der Waals surface area contributed by atoms with E-state index in [0.29, 0.717) is 23.4 Å². The average Bonchev–Trinajstić information content (AvgIpc) is 3.26. The minimum Gasteiger partial charge on any atom is -0.462 e. The molecule has 0 radical (unpaired) electrons. The molecule has 0 bridgehead atoms. The van der Waals surface area contributed by atoms with E-state index in [9.17, 15) is 9.36 Å². The summed E-state index contributed by atoms with van der Waals surface area (Å²) in [5.41, 5.74) is 6.80. The number of nitrogens with one attached hydrogen (secondary N) is 2. The number of carbonyl (C=O) groups is 1. The Hall–Kier alpha value is -2.11. The van der Waals surface area contributed by atoms with E-state index in [4.69, 9.17) is 31.3 Å². The number of carbonyl (C=O) groups excluding carboxylic acids is 1. The third kappa shape index (κ3) is 5.32. The van der Waals surface area contributed by atoms with E-state index in [1.807, 2.05) is 0 Å². The number of ether oxygens (including phenoxy) is 2. The Bertz CT molecular complexity index is 927. The summed E-state index contributed by atoms with van der Waals surface area (Å²) in [4.78, 5) is 24.1. The molecule has 3 rings (SSSR count). The second-order valence-corrected chi connectivity index (χ2v) is 8.48. The van der Waals surface area contributed by atoms with Crippen LogP contribution < -0.4 is 16.1 Å². The van der Waals surface area contributed by atoms with E-state index in [2.05, 4.69) is 25.4 Å². The van der Waals surface area contributed by atoms with Crippen LogP contribution in [-0.2, 0) is 23.4 Å².